The Morgan fingerprint density at radius 1 is 1.15 bits per heavy atom. The molecule has 4 heteroatoms. The fourth-order valence-electron chi connectivity index (χ4n) is 2.72. The maximum absolute atomic E-state index is 12.1. The van der Waals surface area contributed by atoms with Gasteiger partial charge in [0.1, 0.15) is 0 Å². The van der Waals surface area contributed by atoms with Gasteiger partial charge in [-0.25, -0.2) is 0 Å². The number of anilines is 1. The Kier molecular flexibility index (Phi) is 3.92. The summed E-state index contributed by atoms with van der Waals surface area (Å²) < 4.78 is 0. The van der Waals surface area contributed by atoms with Gasteiger partial charge in [-0.2, -0.15) is 0 Å². The average Bonchev–Trinajstić information content (AvgIpc) is 3.31. The molecular weight excluding hydrogens is 250 g/mol. The number of nitrogens with zero attached hydrogens (tertiary/aromatic N) is 2. The van der Waals surface area contributed by atoms with Gasteiger partial charge in [-0.3, -0.25) is 9.69 Å². The Bertz CT molecular complexity index is 450. The molecule has 1 aromatic carbocycles. The van der Waals surface area contributed by atoms with Crippen LogP contribution in [0.5, 0.6) is 0 Å². The van der Waals surface area contributed by atoms with E-state index in [2.05, 4.69) is 39.4 Å². The molecule has 1 aliphatic carbocycles. The van der Waals surface area contributed by atoms with Crippen molar-refractivity contribution in [2.75, 3.05) is 31.1 Å². The molecule has 1 atom stereocenters. The van der Waals surface area contributed by atoms with Crippen LogP contribution in [0.4, 0.5) is 5.69 Å². The highest BCUT2D eigenvalue weighted by atomic mass is 16.2. The van der Waals surface area contributed by atoms with Crippen LogP contribution >= 0.6 is 0 Å². The first-order valence-corrected chi connectivity index (χ1v) is 7.58. The maximum atomic E-state index is 12.1. The van der Waals surface area contributed by atoms with Gasteiger partial charge in [-0.05, 0) is 31.9 Å². The summed E-state index contributed by atoms with van der Waals surface area (Å²) in [5.41, 5.74) is 1.28. The van der Waals surface area contributed by atoms with Crippen LogP contribution in [0, 0.1) is 0 Å². The number of nitrogens with one attached hydrogen (secondary N) is 1. The summed E-state index contributed by atoms with van der Waals surface area (Å²) in [4.78, 5) is 16.8. The Hall–Kier alpha value is -1.55. The number of amides is 1. The van der Waals surface area contributed by atoms with E-state index in [4.69, 9.17) is 0 Å². The van der Waals surface area contributed by atoms with Crippen molar-refractivity contribution in [1.29, 1.82) is 0 Å². The van der Waals surface area contributed by atoms with Crippen molar-refractivity contribution in [3.8, 4) is 0 Å². The molecule has 0 aromatic heterocycles. The van der Waals surface area contributed by atoms with Crippen molar-refractivity contribution in [2.45, 2.75) is 31.8 Å². The first-order valence-electron chi connectivity index (χ1n) is 7.58. The number of carbonyl (C=O) groups is 1. The Morgan fingerprint density at radius 3 is 2.40 bits per heavy atom. The largest absolute Gasteiger partial charge is 0.369 e. The number of para-hydroxylation sites is 1. The smallest absolute Gasteiger partial charge is 0.237 e. The molecular formula is C16H23N3O. The lowest BCUT2D eigenvalue weighted by atomic mass is 10.2. The third kappa shape index (κ3) is 3.12. The highest BCUT2D eigenvalue weighted by Crippen LogP contribution is 2.20. The molecule has 1 heterocycles. The van der Waals surface area contributed by atoms with Gasteiger partial charge in [-0.15, -0.1) is 0 Å². The lowest BCUT2D eigenvalue weighted by molar-refractivity contribution is -0.126. The van der Waals surface area contributed by atoms with E-state index in [1.165, 1.54) is 5.69 Å². The molecule has 108 valence electrons. The molecule has 1 aromatic rings. The van der Waals surface area contributed by atoms with Crippen molar-refractivity contribution in [2.24, 2.45) is 0 Å². The molecule has 1 saturated carbocycles. The normalized spacial score (nSPS) is 21.6. The summed E-state index contributed by atoms with van der Waals surface area (Å²) in [6, 6.07) is 11.0. The van der Waals surface area contributed by atoms with E-state index in [1.54, 1.807) is 0 Å². The van der Waals surface area contributed by atoms with Crippen LogP contribution in [0.3, 0.4) is 0 Å². The van der Waals surface area contributed by atoms with E-state index in [-0.39, 0.29) is 11.9 Å². The minimum Gasteiger partial charge on any atom is -0.369 e. The molecule has 0 bridgehead atoms. The predicted octanol–water partition coefficient (Wildman–Crippen LogP) is 1.48. The summed E-state index contributed by atoms with van der Waals surface area (Å²) in [5, 5.41) is 3.10. The molecule has 1 saturated heterocycles. The zero-order chi connectivity index (χ0) is 13.9. The molecule has 0 unspecified atom stereocenters. The van der Waals surface area contributed by atoms with Crippen LogP contribution in [0.2, 0.25) is 0 Å². The zero-order valence-electron chi connectivity index (χ0n) is 12.1. The predicted molar refractivity (Wildman–Crippen MR) is 80.9 cm³/mol. The fourth-order valence-corrected chi connectivity index (χ4v) is 2.72. The molecule has 1 aliphatic heterocycles. The van der Waals surface area contributed by atoms with Gasteiger partial charge < -0.3 is 10.2 Å². The highest BCUT2D eigenvalue weighted by molar-refractivity contribution is 5.81. The van der Waals surface area contributed by atoms with Gasteiger partial charge in [0.15, 0.2) is 0 Å². The minimum atomic E-state index is -0.00600. The quantitative estimate of drug-likeness (QED) is 0.902. The number of carbonyl (C=O) groups excluding carboxylic acids is 1. The summed E-state index contributed by atoms with van der Waals surface area (Å²) in [6.07, 6.45) is 2.31. The van der Waals surface area contributed by atoms with E-state index >= 15 is 0 Å². The third-order valence-electron chi connectivity index (χ3n) is 4.29. The topological polar surface area (TPSA) is 35.6 Å². The molecule has 2 fully saturated rings. The molecule has 3 rings (SSSR count). The second-order valence-electron chi connectivity index (χ2n) is 5.82. The second-order valence-corrected chi connectivity index (χ2v) is 5.82. The van der Waals surface area contributed by atoms with Gasteiger partial charge in [-0.1, -0.05) is 18.2 Å². The molecule has 20 heavy (non-hydrogen) atoms. The first kappa shape index (κ1) is 13.4. The van der Waals surface area contributed by atoms with E-state index in [0.29, 0.717) is 6.04 Å². The SMILES string of the molecule is C[C@@H](C(=O)NC1CC1)N1CCN(c2ccccc2)CC1. The summed E-state index contributed by atoms with van der Waals surface area (Å²) >= 11 is 0. The lowest BCUT2D eigenvalue weighted by Gasteiger charge is -2.38. The Labute approximate surface area is 120 Å². The van der Waals surface area contributed by atoms with E-state index in [0.717, 1.165) is 39.0 Å². The third-order valence-corrected chi connectivity index (χ3v) is 4.29. The van der Waals surface area contributed by atoms with Crippen molar-refractivity contribution in [3.63, 3.8) is 0 Å². The van der Waals surface area contributed by atoms with Crippen molar-refractivity contribution in [1.82, 2.24) is 10.2 Å². The number of rotatable bonds is 4. The maximum Gasteiger partial charge on any atom is 0.237 e. The van der Waals surface area contributed by atoms with Crippen LogP contribution in [-0.4, -0.2) is 49.1 Å². The van der Waals surface area contributed by atoms with Gasteiger partial charge in [0.25, 0.3) is 0 Å². The van der Waals surface area contributed by atoms with E-state index in [1.807, 2.05) is 13.0 Å². The van der Waals surface area contributed by atoms with Crippen molar-refractivity contribution >= 4 is 11.6 Å². The van der Waals surface area contributed by atoms with Gasteiger partial charge >= 0.3 is 0 Å². The summed E-state index contributed by atoms with van der Waals surface area (Å²) in [5.74, 6) is 0.195. The number of benzene rings is 1. The summed E-state index contributed by atoms with van der Waals surface area (Å²) in [6.45, 7) is 5.91. The fraction of sp³-hybridized carbons (Fsp3) is 0.562. The van der Waals surface area contributed by atoms with E-state index < -0.39 is 0 Å². The van der Waals surface area contributed by atoms with Crippen LogP contribution in [0.15, 0.2) is 30.3 Å². The number of piperazine rings is 1. The van der Waals surface area contributed by atoms with Crippen LogP contribution < -0.4 is 10.2 Å². The Morgan fingerprint density at radius 2 is 1.80 bits per heavy atom. The molecule has 2 aliphatic rings. The van der Waals surface area contributed by atoms with Crippen LogP contribution in [0.1, 0.15) is 19.8 Å². The van der Waals surface area contributed by atoms with Crippen molar-refractivity contribution < 1.29 is 4.79 Å². The van der Waals surface area contributed by atoms with Crippen molar-refractivity contribution in [3.05, 3.63) is 30.3 Å². The number of hydrogen-bond acceptors (Lipinski definition) is 3. The Balaban J connectivity index is 1.51. The zero-order valence-corrected chi connectivity index (χ0v) is 12.1. The minimum absolute atomic E-state index is 0.00600. The van der Waals surface area contributed by atoms with E-state index in [9.17, 15) is 4.79 Å². The lowest BCUT2D eigenvalue weighted by Crippen LogP contribution is -2.54. The second kappa shape index (κ2) is 5.83. The standard InChI is InChI=1S/C16H23N3O/c1-13(16(20)17-14-7-8-14)18-9-11-19(12-10-18)15-5-3-2-4-6-15/h2-6,13-14H,7-12H2,1H3,(H,17,20)/t13-/m0/s1. The molecule has 0 spiro atoms. The number of hydrogen-bond donors (Lipinski definition) is 1. The van der Waals surface area contributed by atoms with Gasteiger partial charge in [0.05, 0.1) is 6.04 Å². The monoisotopic (exact) mass is 273 g/mol. The molecule has 1 amide bonds. The van der Waals surface area contributed by atoms with Gasteiger partial charge in [0, 0.05) is 37.9 Å². The average molecular weight is 273 g/mol. The van der Waals surface area contributed by atoms with Crippen LogP contribution in [-0.2, 0) is 4.79 Å². The highest BCUT2D eigenvalue weighted by Gasteiger charge is 2.29. The first-order chi connectivity index (χ1) is 9.74. The molecule has 1 N–H and O–H groups in total. The van der Waals surface area contributed by atoms with Gasteiger partial charge in [0.2, 0.25) is 5.91 Å². The molecule has 4 nitrogen and oxygen atoms in total. The van der Waals surface area contributed by atoms with Crippen LogP contribution in [0.25, 0.3) is 0 Å². The summed E-state index contributed by atoms with van der Waals surface area (Å²) in [7, 11) is 0. The molecule has 0 radical (unpaired) electrons.